The van der Waals surface area contributed by atoms with Crippen LogP contribution in [0.1, 0.15) is 12.0 Å². The molecule has 2 N–H and O–H groups in total. The molecule has 2 heterocycles. The van der Waals surface area contributed by atoms with Gasteiger partial charge in [-0.2, -0.15) is 0 Å². The molecule has 2 amide bonds. The van der Waals surface area contributed by atoms with E-state index in [1.165, 1.54) is 12.1 Å². The van der Waals surface area contributed by atoms with Crippen LogP contribution in [0, 0.1) is 10.1 Å². The third kappa shape index (κ3) is 6.18. The van der Waals surface area contributed by atoms with Crippen molar-refractivity contribution in [3.05, 3.63) is 70.4 Å². The number of aromatic nitrogens is 1. The van der Waals surface area contributed by atoms with Crippen molar-refractivity contribution in [2.45, 2.75) is 19.5 Å². The third-order valence-electron chi connectivity index (χ3n) is 5.74. The SMILES string of the molecule is O=C(Cn1ccc2cc([N+](=O)[O-])ccc21)NCc1cccc(NC(=O)CCN2CCOCC2)c1. The zero-order valence-electron chi connectivity index (χ0n) is 18.7. The highest BCUT2D eigenvalue weighted by Crippen LogP contribution is 2.22. The minimum atomic E-state index is -0.440. The standard InChI is InChI=1S/C24H27N5O5/c30-23(7-8-27-10-12-34-13-11-27)26-20-3-1-2-18(14-20)16-25-24(31)17-28-9-6-19-15-21(29(32)33)4-5-22(19)28/h1-6,9,14-15H,7-8,10-13,16-17H2,(H,25,31)(H,26,30). The lowest BCUT2D eigenvalue weighted by atomic mass is 10.2. The smallest absolute Gasteiger partial charge is 0.270 e. The van der Waals surface area contributed by atoms with E-state index in [1.54, 1.807) is 22.9 Å². The number of nitrogens with one attached hydrogen (secondary N) is 2. The number of carbonyl (C=O) groups is 2. The largest absolute Gasteiger partial charge is 0.379 e. The molecule has 10 nitrogen and oxygen atoms in total. The van der Waals surface area contributed by atoms with Crippen molar-refractivity contribution in [3.8, 4) is 0 Å². The van der Waals surface area contributed by atoms with E-state index in [1.807, 2.05) is 24.3 Å². The van der Waals surface area contributed by atoms with Gasteiger partial charge in [0.25, 0.3) is 5.69 Å². The van der Waals surface area contributed by atoms with Gasteiger partial charge in [0.1, 0.15) is 6.54 Å². The lowest BCUT2D eigenvalue weighted by molar-refractivity contribution is -0.384. The number of fused-ring (bicyclic) bond motifs is 1. The van der Waals surface area contributed by atoms with Gasteiger partial charge >= 0.3 is 0 Å². The fourth-order valence-corrected chi connectivity index (χ4v) is 3.92. The van der Waals surface area contributed by atoms with Crippen LogP contribution in [0.15, 0.2) is 54.7 Å². The molecule has 1 aliphatic rings. The topological polar surface area (TPSA) is 119 Å². The van der Waals surface area contributed by atoms with Gasteiger partial charge in [-0.1, -0.05) is 12.1 Å². The summed E-state index contributed by atoms with van der Waals surface area (Å²) in [5.74, 6) is -0.233. The van der Waals surface area contributed by atoms with Crippen molar-refractivity contribution in [1.82, 2.24) is 14.8 Å². The number of benzene rings is 2. The zero-order valence-corrected chi connectivity index (χ0v) is 18.7. The van der Waals surface area contributed by atoms with Crippen LogP contribution in [0.5, 0.6) is 0 Å². The van der Waals surface area contributed by atoms with Crippen molar-refractivity contribution in [2.75, 3.05) is 38.2 Å². The molecule has 0 aliphatic carbocycles. The normalized spacial score (nSPS) is 14.1. The summed E-state index contributed by atoms with van der Waals surface area (Å²) in [6.07, 6.45) is 2.15. The van der Waals surface area contributed by atoms with Crippen molar-refractivity contribution >= 4 is 34.1 Å². The van der Waals surface area contributed by atoms with Crippen molar-refractivity contribution in [1.29, 1.82) is 0 Å². The van der Waals surface area contributed by atoms with Crippen LogP contribution < -0.4 is 10.6 Å². The maximum Gasteiger partial charge on any atom is 0.270 e. The molecular weight excluding hydrogens is 438 g/mol. The highest BCUT2D eigenvalue weighted by molar-refractivity contribution is 5.91. The van der Waals surface area contributed by atoms with Crippen LogP contribution >= 0.6 is 0 Å². The third-order valence-corrected chi connectivity index (χ3v) is 5.74. The Morgan fingerprint density at radius 3 is 2.68 bits per heavy atom. The predicted octanol–water partition coefficient (Wildman–Crippen LogP) is 2.53. The summed E-state index contributed by atoms with van der Waals surface area (Å²) in [7, 11) is 0. The Morgan fingerprint density at radius 1 is 1.06 bits per heavy atom. The number of ether oxygens (including phenoxy) is 1. The Bertz CT molecular complexity index is 1190. The van der Waals surface area contributed by atoms with Gasteiger partial charge in [0.05, 0.1) is 18.1 Å². The van der Waals surface area contributed by atoms with E-state index >= 15 is 0 Å². The Morgan fingerprint density at radius 2 is 1.88 bits per heavy atom. The van der Waals surface area contributed by atoms with Gasteiger partial charge in [0.2, 0.25) is 11.8 Å². The Balaban J connectivity index is 1.27. The molecule has 4 rings (SSSR count). The van der Waals surface area contributed by atoms with E-state index in [2.05, 4.69) is 15.5 Å². The lowest BCUT2D eigenvalue weighted by Gasteiger charge is -2.26. The number of hydrogen-bond donors (Lipinski definition) is 2. The van der Waals surface area contributed by atoms with Crippen LogP contribution in [-0.2, 0) is 27.4 Å². The maximum atomic E-state index is 12.5. The second kappa shape index (κ2) is 10.9. The molecule has 2 aromatic carbocycles. The number of hydrogen-bond acceptors (Lipinski definition) is 6. The number of carbonyl (C=O) groups excluding carboxylic acids is 2. The minimum absolute atomic E-state index is 0.0165. The van der Waals surface area contributed by atoms with E-state index in [0.717, 1.165) is 24.2 Å². The van der Waals surface area contributed by atoms with Gasteiger partial charge in [-0.25, -0.2) is 0 Å². The summed E-state index contributed by atoms with van der Waals surface area (Å²) in [4.78, 5) is 37.5. The highest BCUT2D eigenvalue weighted by atomic mass is 16.6. The summed E-state index contributed by atoms with van der Waals surface area (Å²) >= 11 is 0. The average molecular weight is 466 g/mol. The highest BCUT2D eigenvalue weighted by Gasteiger charge is 2.13. The summed E-state index contributed by atoms with van der Waals surface area (Å²) in [6.45, 7) is 4.23. The first kappa shape index (κ1) is 23.4. The fourth-order valence-electron chi connectivity index (χ4n) is 3.92. The van der Waals surface area contributed by atoms with Crippen molar-refractivity contribution in [3.63, 3.8) is 0 Å². The van der Waals surface area contributed by atoms with Gasteiger partial charge in [0, 0.05) is 67.5 Å². The second-order valence-corrected chi connectivity index (χ2v) is 8.17. The quantitative estimate of drug-likeness (QED) is 0.370. The molecule has 10 heteroatoms. The lowest BCUT2D eigenvalue weighted by Crippen LogP contribution is -2.38. The van der Waals surface area contributed by atoms with E-state index in [-0.39, 0.29) is 24.0 Å². The molecule has 0 unspecified atom stereocenters. The zero-order chi connectivity index (χ0) is 23.9. The number of nitro benzene ring substituents is 1. The molecule has 0 saturated carbocycles. The molecule has 1 fully saturated rings. The molecular formula is C24H27N5O5. The average Bonchev–Trinajstić information content (AvgIpc) is 3.24. The van der Waals surface area contributed by atoms with E-state index in [0.29, 0.717) is 43.8 Å². The number of amides is 2. The number of anilines is 1. The molecule has 0 spiro atoms. The van der Waals surface area contributed by atoms with Crippen LogP contribution in [0.4, 0.5) is 11.4 Å². The van der Waals surface area contributed by atoms with Gasteiger partial charge in [-0.3, -0.25) is 24.6 Å². The number of non-ortho nitro benzene ring substituents is 1. The van der Waals surface area contributed by atoms with Gasteiger partial charge in [-0.15, -0.1) is 0 Å². The number of rotatable bonds is 9. The molecule has 3 aromatic rings. The molecule has 1 aliphatic heterocycles. The van der Waals surface area contributed by atoms with Crippen LogP contribution in [0.3, 0.4) is 0 Å². The van der Waals surface area contributed by atoms with Crippen LogP contribution in [0.2, 0.25) is 0 Å². The van der Waals surface area contributed by atoms with E-state index in [9.17, 15) is 19.7 Å². The Kier molecular flexibility index (Phi) is 7.51. The van der Waals surface area contributed by atoms with Crippen LogP contribution in [0.25, 0.3) is 10.9 Å². The summed E-state index contributed by atoms with van der Waals surface area (Å²) in [5, 5.41) is 17.4. The first-order valence-electron chi connectivity index (χ1n) is 11.2. The van der Waals surface area contributed by atoms with Gasteiger partial charge < -0.3 is 19.9 Å². The molecule has 1 aromatic heterocycles. The Hall–Kier alpha value is -3.76. The molecule has 0 atom stereocenters. The molecule has 0 bridgehead atoms. The first-order valence-corrected chi connectivity index (χ1v) is 11.2. The summed E-state index contributed by atoms with van der Waals surface area (Å²) in [6, 6.07) is 13.7. The monoisotopic (exact) mass is 465 g/mol. The van der Waals surface area contributed by atoms with Gasteiger partial charge in [-0.05, 0) is 29.8 Å². The molecule has 178 valence electrons. The fraction of sp³-hybridized carbons (Fsp3) is 0.333. The number of morpholine rings is 1. The van der Waals surface area contributed by atoms with E-state index in [4.69, 9.17) is 4.74 Å². The van der Waals surface area contributed by atoms with Crippen molar-refractivity contribution < 1.29 is 19.2 Å². The Labute approximate surface area is 196 Å². The summed E-state index contributed by atoms with van der Waals surface area (Å²) < 4.78 is 7.07. The van der Waals surface area contributed by atoms with Crippen LogP contribution in [-0.4, -0.2) is 59.1 Å². The first-order chi connectivity index (χ1) is 16.5. The minimum Gasteiger partial charge on any atom is -0.379 e. The number of nitrogens with zero attached hydrogens (tertiary/aromatic N) is 3. The molecule has 34 heavy (non-hydrogen) atoms. The maximum absolute atomic E-state index is 12.5. The van der Waals surface area contributed by atoms with Gasteiger partial charge in [0.15, 0.2) is 0 Å². The molecule has 1 saturated heterocycles. The summed E-state index contributed by atoms with van der Waals surface area (Å²) in [5.41, 5.74) is 2.33. The van der Waals surface area contributed by atoms with Crippen molar-refractivity contribution in [2.24, 2.45) is 0 Å². The number of nitro groups is 1. The molecule has 0 radical (unpaired) electrons. The van der Waals surface area contributed by atoms with E-state index < -0.39 is 4.92 Å². The second-order valence-electron chi connectivity index (χ2n) is 8.17. The predicted molar refractivity (Wildman–Crippen MR) is 127 cm³/mol.